The number of carbonyl (C=O) groups is 1. The van der Waals surface area contributed by atoms with Crippen molar-refractivity contribution in [2.24, 2.45) is 4.99 Å². The predicted octanol–water partition coefficient (Wildman–Crippen LogP) is 4.28. The van der Waals surface area contributed by atoms with E-state index in [1.54, 1.807) is 17.6 Å². The molecule has 0 radical (unpaired) electrons. The molecule has 5 rings (SSSR count). The average molecular weight is 431 g/mol. The van der Waals surface area contributed by atoms with Crippen molar-refractivity contribution in [1.29, 1.82) is 0 Å². The van der Waals surface area contributed by atoms with Gasteiger partial charge in [0, 0.05) is 49.5 Å². The first-order valence-corrected chi connectivity index (χ1v) is 11.6. The van der Waals surface area contributed by atoms with E-state index in [2.05, 4.69) is 75.0 Å². The Morgan fingerprint density at radius 3 is 2.61 bits per heavy atom. The van der Waals surface area contributed by atoms with Crippen LogP contribution < -0.4 is 10.2 Å². The van der Waals surface area contributed by atoms with Crippen LogP contribution in [0.4, 0.5) is 11.4 Å². The summed E-state index contributed by atoms with van der Waals surface area (Å²) in [5.74, 6) is -0.354. The molecular formula is C25H26N4OS. The van der Waals surface area contributed by atoms with Crippen molar-refractivity contribution in [3.63, 3.8) is 0 Å². The molecule has 1 saturated heterocycles. The van der Waals surface area contributed by atoms with Crippen molar-refractivity contribution >= 4 is 34.8 Å². The van der Waals surface area contributed by atoms with Crippen LogP contribution in [0.2, 0.25) is 0 Å². The number of benzene rings is 2. The second kappa shape index (κ2) is 8.65. The molecule has 3 aromatic rings. The number of aliphatic imine (C=N–C) groups is 1. The number of fused-ring (bicyclic) bond motifs is 1. The zero-order valence-electron chi connectivity index (χ0n) is 17.6. The Labute approximate surface area is 187 Å². The fraction of sp³-hybridized carbons (Fsp3) is 0.280. The molecule has 2 aromatic carbocycles. The van der Waals surface area contributed by atoms with Gasteiger partial charge in [0.05, 0.1) is 11.6 Å². The Morgan fingerprint density at radius 1 is 1.06 bits per heavy atom. The lowest BCUT2D eigenvalue weighted by Gasteiger charge is -2.34. The number of rotatable bonds is 4. The van der Waals surface area contributed by atoms with Gasteiger partial charge in [-0.15, -0.1) is 11.3 Å². The van der Waals surface area contributed by atoms with E-state index in [1.165, 1.54) is 16.1 Å². The first kappa shape index (κ1) is 20.0. The quantitative estimate of drug-likeness (QED) is 0.629. The summed E-state index contributed by atoms with van der Waals surface area (Å²) < 4.78 is 0. The maximum absolute atomic E-state index is 12.6. The van der Waals surface area contributed by atoms with Crippen LogP contribution in [0.3, 0.4) is 0 Å². The number of carbonyl (C=O) groups excluding carboxylic acids is 1. The van der Waals surface area contributed by atoms with Gasteiger partial charge >= 0.3 is 0 Å². The van der Waals surface area contributed by atoms with E-state index in [1.807, 2.05) is 12.1 Å². The monoisotopic (exact) mass is 430 g/mol. The lowest BCUT2D eigenvalue weighted by atomic mass is 9.89. The fourth-order valence-corrected chi connectivity index (χ4v) is 4.94. The van der Waals surface area contributed by atoms with Crippen molar-refractivity contribution < 1.29 is 4.79 Å². The molecule has 0 spiro atoms. The summed E-state index contributed by atoms with van der Waals surface area (Å²) in [6.45, 7) is 4.84. The van der Waals surface area contributed by atoms with Gasteiger partial charge in [0.25, 0.3) is 0 Å². The Morgan fingerprint density at radius 2 is 1.87 bits per heavy atom. The number of amides is 1. The minimum absolute atomic E-state index is 0.00850. The number of nitrogens with one attached hydrogen (secondary N) is 1. The summed E-state index contributed by atoms with van der Waals surface area (Å²) >= 11 is 1.73. The van der Waals surface area contributed by atoms with Gasteiger partial charge in [0.15, 0.2) is 0 Å². The van der Waals surface area contributed by atoms with Crippen LogP contribution in [-0.4, -0.2) is 50.2 Å². The normalized spacial score (nSPS) is 19.5. The number of piperazine rings is 1. The topological polar surface area (TPSA) is 47.9 Å². The zero-order chi connectivity index (χ0) is 21.2. The van der Waals surface area contributed by atoms with Crippen LogP contribution in [0, 0.1) is 0 Å². The number of likely N-dealkylation sites (N-methyl/N-ethyl adjacent to an activating group) is 1. The number of thiophene rings is 1. The molecule has 1 amide bonds. The summed E-state index contributed by atoms with van der Waals surface area (Å²) in [6.07, 6.45) is 1.78. The fourth-order valence-electron chi connectivity index (χ4n) is 4.21. The van der Waals surface area contributed by atoms with Crippen LogP contribution in [0.25, 0.3) is 10.4 Å². The van der Waals surface area contributed by atoms with E-state index in [-0.39, 0.29) is 11.8 Å². The van der Waals surface area contributed by atoms with Crippen molar-refractivity contribution in [1.82, 2.24) is 10.2 Å². The van der Waals surface area contributed by atoms with Gasteiger partial charge in [-0.05, 0) is 65.5 Å². The largest absolute Gasteiger partial charge is 0.369 e. The summed E-state index contributed by atoms with van der Waals surface area (Å²) in [7, 11) is 2.16. The lowest BCUT2D eigenvalue weighted by molar-refractivity contribution is -0.121. The number of hydrogen-bond donors (Lipinski definition) is 1. The van der Waals surface area contributed by atoms with Gasteiger partial charge in [-0.3, -0.25) is 9.79 Å². The van der Waals surface area contributed by atoms with Gasteiger partial charge in [-0.25, -0.2) is 0 Å². The summed E-state index contributed by atoms with van der Waals surface area (Å²) in [5.41, 5.74) is 5.50. The molecule has 158 valence electrons. The molecule has 1 unspecified atom stereocenters. The van der Waals surface area contributed by atoms with Crippen LogP contribution in [0.1, 0.15) is 17.0 Å². The molecule has 1 aromatic heterocycles. The summed E-state index contributed by atoms with van der Waals surface area (Å²) in [5, 5.41) is 5.10. The highest BCUT2D eigenvalue weighted by molar-refractivity contribution is 7.13. The average Bonchev–Trinajstić information content (AvgIpc) is 3.34. The number of hydrogen-bond acceptors (Lipinski definition) is 5. The maximum atomic E-state index is 12.6. The van der Waals surface area contributed by atoms with Crippen molar-refractivity contribution in [2.75, 3.05) is 38.1 Å². The Hall–Kier alpha value is -2.96. The second-order valence-electron chi connectivity index (χ2n) is 8.17. The molecule has 2 aliphatic heterocycles. The highest BCUT2D eigenvalue weighted by Gasteiger charge is 2.26. The van der Waals surface area contributed by atoms with Crippen LogP contribution in [-0.2, 0) is 11.3 Å². The van der Waals surface area contributed by atoms with Crippen LogP contribution in [0.15, 0.2) is 65.0 Å². The highest BCUT2D eigenvalue weighted by Crippen LogP contribution is 2.31. The van der Waals surface area contributed by atoms with Gasteiger partial charge in [-0.2, -0.15) is 0 Å². The SMILES string of the molecule is CN1CCN(c2ccc(N=CC3C(=O)NCc4cc(-c5cccs5)ccc43)cc2)CC1. The standard InChI is InChI=1S/C25H26N4OS/c1-28-10-12-29(13-11-28)21-7-5-20(6-8-21)26-17-23-22-9-4-18(24-3-2-14-31-24)15-19(22)16-27-25(23)30/h2-9,14-15,17,23H,10-13,16H2,1H3,(H,27,30). The third kappa shape index (κ3) is 4.27. The predicted molar refractivity (Wildman–Crippen MR) is 129 cm³/mol. The smallest absolute Gasteiger partial charge is 0.233 e. The van der Waals surface area contributed by atoms with Crippen LogP contribution in [0.5, 0.6) is 0 Å². The highest BCUT2D eigenvalue weighted by atomic mass is 32.1. The number of nitrogens with zero attached hydrogens (tertiary/aromatic N) is 3. The Kier molecular flexibility index (Phi) is 5.57. The van der Waals surface area contributed by atoms with Gasteiger partial charge in [0.1, 0.15) is 0 Å². The summed E-state index contributed by atoms with van der Waals surface area (Å²) in [6, 6.07) is 18.9. The molecule has 1 atom stereocenters. The van der Waals surface area contributed by atoms with E-state index < -0.39 is 0 Å². The van der Waals surface area contributed by atoms with Gasteiger partial charge < -0.3 is 15.1 Å². The molecule has 0 saturated carbocycles. The van der Waals surface area contributed by atoms with Gasteiger partial charge in [0.2, 0.25) is 5.91 Å². The molecule has 1 N–H and O–H groups in total. The molecule has 3 heterocycles. The Bertz CT molecular complexity index is 1080. The zero-order valence-corrected chi connectivity index (χ0v) is 18.4. The number of anilines is 1. The lowest BCUT2D eigenvalue weighted by Crippen LogP contribution is -2.44. The molecule has 5 nitrogen and oxygen atoms in total. The Balaban J connectivity index is 1.33. The van der Waals surface area contributed by atoms with E-state index in [0.29, 0.717) is 6.54 Å². The molecule has 0 aliphatic carbocycles. The molecule has 0 bridgehead atoms. The molecule has 31 heavy (non-hydrogen) atoms. The third-order valence-electron chi connectivity index (χ3n) is 6.11. The molecule has 2 aliphatic rings. The minimum Gasteiger partial charge on any atom is -0.369 e. The van der Waals surface area contributed by atoms with E-state index in [4.69, 9.17) is 0 Å². The van der Waals surface area contributed by atoms with Crippen molar-refractivity contribution in [3.8, 4) is 10.4 Å². The molecule has 6 heteroatoms. The minimum atomic E-state index is -0.363. The third-order valence-corrected chi connectivity index (χ3v) is 7.03. The molecule has 1 fully saturated rings. The van der Waals surface area contributed by atoms with E-state index >= 15 is 0 Å². The first-order valence-electron chi connectivity index (χ1n) is 10.7. The van der Waals surface area contributed by atoms with E-state index in [0.717, 1.165) is 43.0 Å². The summed E-state index contributed by atoms with van der Waals surface area (Å²) in [4.78, 5) is 23.2. The van der Waals surface area contributed by atoms with Crippen molar-refractivity contribution in [3.05, 3.63) is 71.1 Å². The van der Waals surface area contributed by atoms with Gasteiger partial charge in [-0.1, -0.05) is 18.2 Å². The first-order chi connectivity index (χ1) is 15.2. The molecular weight excluding hydrogens is 404 g/mol. The van der Waals surface area contributed by atoms with E-state index in [9.17, 15) is 4.79 Å². The van der Waals surface area contributed by atoms with Crippen LogP contribution >= 0.6 is 11.3 Å². The van der Waals surface area contributed by atoms with Crippen molar-refractivity contribution in [2.45, 2.75) is 12.5 Å². The second-order valence-corrected chi connectivity index (χ2v) is 9.12. The maximum Gasteiger partial charge on any atom is 0.233 e.